The summed E-state index contributed by atoms with van der Waals surface area (Å²) >= 11 is 0. The zero-order chi connectivity index (χ0) is 15.6. The minimum atomic E-state index is -0.0529. The largest absolute Gasteiger partial charge is 0.349 e. The molecule has 0 bridgehead atoms. The van der Waals surface area contributed by atoms with Gasteiger partial charge >= 0.3 is 0 Å². The minimum Gasteiger partial charge on any atom is -0.349 e. The van der Waals surface area contributed by atoms with Gasteiger partial charge in [0.15, 0.2) is 0 Å². The minimum absolute atomic E-state index is 0.0529. The predicted molar refractivity (Wildman–Crippen MR) is 90.3 cm³/mol. The fourth-order valence-corrected chi connectivity index (χ4v) is 3.40. The summed E-state index contributed by atoms with van der Waals surface area (Å²) in [6, 6.07) is 12.3. The van der Waals surface area contributed by atoms with Crippen molar-refractivity contribution in [2.45, 2.75) is 31.7 Å². The smallest absolute Gasteiger partial charge is 0.268 e. The predicted octanol–water partition coefficient (Wildman–Crippen LogP) is 3.76. The molecule has 1 aliphatic rings. The highest BCUT2D eigenvalue weighted by molar-refractivity contribution is 5.98. The number of carbonyl (C=O) groups is 1. The molecule has 23 heavy (non-hydrogen) atoms. The maximum atomic E-state index is 12.6. The first-order chi connectivity index (χ1) is 11.3. The fraction of sp³-hybridized carbons (Fsp3) is 0.263. The van der Waals surface area contributed by atoms with Crippen LogP contribution in [0.5, 0.6) is 0 Å². The van der Waals surface area contributed by atoms with E-state index >= 15 is 0 Å². The maximum absolute atomic E-state index is 12.6. The molecule has 1 atom stereocenters. The fourth-order valence-electron chi connectivity index (χ4n) is 3.40. The van der Waals surface area contributed by atoms with Gasteiger partial charge in [-0.05, 0) is 42.5 Å². The van der Waals surface area contributed by atoms with E-state index in [-0.39, 0.29) is 11.9 Å². The second-order valence-corrected chi connectivity index (χ2v) is 6.12. The van der Waals surface area contributed by atoms with Crippen LogP contribution in [-0.2, 0) is 6.42 Å². The summed E-state index contributed by atoms with van der Waals surface area (Å²) in [7, 11) is 0. The molecule has 0 radical (unpaired) electrons. The number of carbonyl (C=O) groups excluding carboxylic acids is 1. The second kappa shape index (κ2) is 5.88. The number of pyridine rings is 1. The molecule has 2 heterocycles. The molecule has 4 rings (SSSR count). The van der Waals surface area contributed by atoms with Gasteiger partial charge in [-0.1, -0.05) is 30.7 Å². The average molecular weight is 305 g/mol. The monoisotopic (exact) mass is 305 g/mol. The molecular weight excluding hydrogens is 286 g/mol. The van der Waals surface area contributed by atoms with Crippen LogP contribution in [0.25, 0.3) is 10.9 Å². The van der Waals surface area contributed by atoms with E-state index in [1.807, 2.05) is 12.1 Å². The number of rotatable bonds is 2. The van der Waals surface area contributed by atoms with Gasteiger partial charge in [0, 0.05) is 11.6 Å². The highest BCUT2D eigenvalue weighted by Gasteiger charge is 2.21. The number of aromatic nitrogens is 2. The molecule has 2 aromatic heterocycles. The quantitative estimate of drug-likeness (QED) is 0.708. The van der Waals surface area contributed by atoms with E-state index in [2.05, 4.69) is 39.6 Å². The number of nitrogens with one attached hydrogen (secondary N) is 2. The van der Waals surface area contributed by atoms with Gasteiger partial charge < -0.3 is 10.3 Å². The molecule has 0 fully saturated rings. The van der Waals surface area contributed by atoms with Crippen LogP contribution in [0.1, 0.15) is 46.9 Å². The Hall–Kier alpha value is -2.62. The van der Waals surface area contributed by atoms with Crippen molar-refractivity contribution >= 4 is 16.8 Å². The van der Waals surface area contributed by atoms with E-state index in [0.717, 1.165) is 30.2 Å². The van der Waals surface area contributed by atoms with E-state index in [1.165, 1.54) is 17.5 Å². The van der Waals surface area contributed by atoms with Gasteiger partial charge in [-0.2, -0.15) is 0 Å². The van der Waals surface area contributed by atoms with Crippen molar-refractivity contribution in [1.29, 1.82) is 0 Å². The Morgan fingerprint density at radius 2 is 2.13 bits per heavy atom. The third kappa shape index (κ3) is 2.72. The van der Waals surface area contributed by atoms with Crippen LogP contribution in [0.2, 0.25) is 0 Å². The lowest BCUT2D eigenvalue weighted by Crippen LogP contribution is -2.28. The van der Waals surface area contributed by atoms with Crippen LogP contribution in [0.3, 0.4) is 0 Å². The first kappa shape index (κ1) is 14.0. The molecule has 0 saturated heterocycles. The van der Waals surface area contributed by atoms with Gasteiger partial charge in [0.05, 0.1) is 17.8 Å². The van der Waals surface area contributed by atoms with Crippen molar-refractivity contribution in [3.63, 3.8) is 0 Å². The summed E-state index contributed by atoms with van der Waals surface area (Å²) in [6.45, 7) is 0. The molecule has 1 aliphatic carbocycles. The molecule has 1 amide bonds. The molecule has 4 nitrogen and oxygen atoms in total. The van der Waals surface area contributed by atoms with Crippen LogP contribution < -0.4 is 5.32 Å². The van der Waals surface area contributed by atoms with Crippen molar-refractivity contribution in [3.8, 4) is 0 Å². The molecule has 0 spiro atoms. The van der Waals surface area contributed by atoms with Gasteiger partial charge in [-0.25, -0.2) is 0 Å². The summed E-state index contributed by atoms with van der Waals surface area (Å²) in [5.74, 6) is -0.0529. The Kier molecular flexibility index (Phi) is 3.58. The van der Waals surface area contributed by atoms with E-state index < -0.39 is 0 Å². The van der Waals surface area contributed by atoms with Crippen molar-refractivity contribution in [2.75, 3.05) is 0 Å². The lowest BCUT2D eigenvalue weighted by atomic mass is 9.99. The molecule has 0 saturated carbocycles. The first-order valence-corrected chi connectivity index (χ1v) is 8.13. The normalized spacial score (nSPS) is 17.5. The van der Waals surface area contributed by atoms with Gasteiger partial charge in [0.2, 0.25) is 0 Å². The average Bonchev–Trinajstić information content (AvgIpc) is 2.92. The number of hydrogen-bond donors (Lipinski definition) is 2. The molecule has 2 N–H and O–H groups in total. The van der Waals surface area contributed by atoms with Crippen LogP contribution in [0.15, 0.2) is 48.8 Å². The molecule has 4 heteroatoms. The summed E-state index contributed by atoms with van der Waals surface area (Å²) in [4.78, 5) is 19.9. The summed E-state index contributed by atoms with van der Waals surface area (Å²) in [6.07, 6.45) is 7.88. The van der Waals surface area contributed by atoms with Crippen LogP contribution in [0, 0.1) is 0 Å². The number of aromatic amines is 1. The van der Waals surface area contributed by atoms with Gasteiger partial charge in [0.25, 0.3) is 5.91 Å². The van der Waals surface area contributed by atoms with E-state index in [1.54, 1.807) is 12.4 Å². The Morgan fingerprint density at radius 1 is 1.22 bits per heavy atom. The van der Waals surface area contributed by atoms with Crippen LogP contribution >= 0.6 is 0 Å². The lowest BCUT2D eigenvalue weighted by Gasteiger charge is -2.19. The summed E-state index contributed by atoms with van der Waals surface area (Å²) in [5, 5.41) is 4.21. The molecule has 1 aromatic carbocycles. The summed E-state index contributed by atoms with van der Waals surface area (Å²) in [5.41, 5.74) is 4.10. The molecule has 3 aromatic rings. The topological polar surface area (TPSA) is 57.8 Å². The molecule has 116 valence electrons. The van der Waals surface area contributed by atoms with Crippen molar-refractivity contribution in [3.05, 3.63) is 65.6 Å². The van der Waals surface area contributed by atoms with E-state index in [9.17, 15) is 4.79 Å². The van der Waals surface area contributed by atoms with E-state index in [0.29, 0.717) is 5.69 Å². The van der Waals surface area contributed by atoms with Crippen LogP contribution in [-0.4, -0.2) is 15.9 Å². The molecule has 0 aliphatic heterocycles. The third-order valence-corrected chi connectivity index (χ3v) is 4.59. The first-order valence-electron chi connectivity index (χ1n) is 8.13. The third-order valence-electron chi connectivity index (χ3n) is 4.59. The lowest BCUT2D eigenvalue weighted by molar-refractivity contribution is 0.0930. The van der Waals surface area contributed by atoms with Gasteiger partial charge in [-0.15, -0.1) is 0 Å². The SMILES string of the molecule is O=C(NC1CCCCc2ccccc21)c1cc2ccncc2[nH]1. The number of amides is 1. The summed E-state index contributed by atoms with van der Waals surface area (Å²) < 4.78 is 0. The van der Waals surface area contributed by atoms with Crippen molar-refractivity contribution in [2.24, 2.45) is 0 Å². The molecule has 1 unspecified atom stereocenters. The number of benzene rings is 1. The number of hydrogen-bond acceptors (Lipinski definition) is 2. The number of nitrogens with zero attached hydrogens (tertiary/aromatic N) is 1. The number of fused-ring (bicyclic) bond motifs is 2. The Bertz CT molecular complexity index is 819. The zero-order valence-corrected chi connectivity index (χ0v) is 12.9. The zero-order valence-electron chi connectivity index (χ0n) is 12.9. The Balaban J connectivity index is 1.61. The van der Waals surface area contributed by atoms with Crippen molar-refractivity contribution in [1.82, 2.24) is 15.3 Å². The van der Waals surface area contributed by atoms with Crippen LogP contribution in [0.4, 0.5) is 0 Å². The second-order valence-electron chi connectivity index (χ2n) is 6.12. The van der Waals surface area contributed by atoms with Gasteiger partial charge in [-0.3, -0.25) is 9.78 Å². The maximum Gasteiger partial charge on any atom is 0.268 e. The number of aryl methyl sites for hydroxylation is 1. The van der Waals surface area contributed by atoms with E-state index in [4.69, 9.17) is 0 Å². The van der Waals surface area contributed by atoms with Gasteiger partial charge in [0.1, 0.15) is 5.69 Å². The molecular formula is C19H19N3O. The Labute approximate surface area is 134 Å². The standard InChI is InChI=1S/C19H19N3O/c23-19(17-11-14-9-10-20-12-18(14)21-17)22-16-8-4-2-6-13-5-1-3-7-15(13)16/h1,3,5,7,9-12,16,21H,2,4,6,8H2,(H,22,23). The Morgan fingerprint density at radius 3 is 3.04 bits per heavy atom. The highest BCUT2D eigenvalue weighted by Crippen LogP contribution is 2.28. The highest BCUT2D eigenvalue weighted by atomic mass is 16.1. The number of H-pyrrole nitrogens is 1. The van der Waals surface area contributed by atoms with Crippen molar-refractivity contribution < 1.29 is 4.79 Å².